The first-order chi connectivity index (χ1) is 6.34. The summed E-state index contributed by atoms with van der Waals surface area (Å²) in [4.78, 5) is 0. The van der Waals surface area contributed by atoms with Gasteiger partial charge < -0.3 is 0 Å². The highest BCUT2D eigenvalue weighted by Crippen LogP contribution is 2.11. The van der Waals surface area contributed by atoms with E-state index in [2.05, 4.69) is 10.3 Å². The molecule has 0 bridgehead atoms. The van der Waals surface area contributed by atoms with Crippen LogP contribution in [0.1, 0.15) is 5.56 Å². The van der Waals surface area contributed by atoms with Gasteiger partial charge in [-0.15, -0.1) is 5.10 Å². The zero-order valence-corrected chi connectivity index (χ0v) is 7.65. The highest BCUT2D eigenvalue weighted by Gasteiger charge is 1.95. The standard InChI is InChI=1S/C9H8ClN3/c10-9-3-1-2-8(6-9)7-13-5-4-11-12-13/h1-6H,7H2. The summed E-state index contributed by atoms with van der Waals surface area (Å²) in [5.74, 6) is 0. The largest absolute Gasteiger partial charge is 0.248 e. The maximum Gasteiger partial charge on any atom is 0.0693 e. The fourth-order valence-electron chi connectivity index (χ4n) is 1.14. The molecule has 0 radical (unpaired) electrons. The molecule has 0 saturated heterocycles. The van der Waals surface area contributed by atoms with Crippen molar-refractivity contribution in [2.45, 2.75) is 6.54 Å². The Kier molecular flexibility index (Phi) is 2.27. The Morgan fingerprint density at radius 3 is 3.00 bits per heavy atom. The quantitative estimate of drug-likeness (QED) is 0.730. The Morgan fingerprint density at radius 1 is 1.38 bits per heavy atom. The Bertz CT molecular complexity index is 384. The summed E-state index contributed by atoms with van der Waals surface area (Å²) in [7, 11) is 0. The molecule has 0 fully saturated rings. The molecule has 0 N–H and O–H groups in total. The maximum atomic E-state index is 5.84. The van der Waals surface area contributed by atoms with Gasteiger partial charge in [0.05, 0.1) is 12.7 Å². The number of halogens is 1. The molecule has 0 atom stereocenters. The van der Waals surface area contributed by atoms with Crippen LogP contribution < -0.4 is 0 Å². The third-order valence-corrected chi connectivity index (χ3v) is 1.94. The molecule has 1 aromatic heterocycles. The van der Waals surface area contributed by atoms with Crippen molar-refractivity contribution >= 4 is 11.6 Å². The van der Waals surface area contributed by atoms with Crippen molar-refractivity contribution in [3.05, 3.63) is 47.2 Å². The Labute approximate surface area is 81.0 Å². The number of hydrogen-bond acceptors (Lipinski definition) is 2. The van der Waals surface area contributed by atoms with E-state index < -0.39 is 0 Å². The zero-order chi connectivity index (χ0) is 9.10. The van der Waals surface area contributed by atoms with Crippen LogP contribution in [0.4, 0.5) is 0 Å². The van der Waals surface area contributed by atoms with Crippen LogP contribution in [0.25, 0.3) is 0 Å². The summed E-state index contributed by atoms with van der Waals surface area (Å²) in [6, 6.07) is 7.71. The number of benzene rings is 1. The van der Waals surface area contributed by atoms with Gasteiger partial charge in [-0.2, -0.15) is 0 Å². The Balaban J connectivity index is 2.19. The lowest BCUT2D eigenvalue weighted by molar-refractivity contribution is 0.650. The number of rotatable bonds is 2. The Hall–Kier alpha value is -1.35. The van der Waals surface area contributed by atoms with Crippen LogP contribution in [0.2, 0.25) is 5.02 Å². The molecule has 0 amide bonds. The van der Waals surface area contributed by atoms with Crippen molar-refractivity contribution in [2.75, 3.05) is 0 Å². The Morgan fingerprint density at radius 2 is 2.31 bits per heavy atom. The fourth-order valence-corrected chi connectivity index (χ4v) is 1.35. The van der Waals surface area contributed by atoms with Crippen LogP contribution in [0.15, 0.2) is 36.7 Å². The van der Waals surface area contributed by atoms with E-state index in [0.717, 1.165) is 10.6 Å². The van der Waals surface area contributed by atoms with E-state index in [0.29, 0.717) is 6.54 Å². The van der Waals surface area contributed by atoms with Crippen LogP contribution >= 0.6 is 11.6 Å². The van der Waals surface area contributed by atoms with Crippen molar-refractivity contribution in [3.63, 3.8) is 0 Å². The summed E-state index contributed by atoms with van der Waals surface area (Å²) in [5, 5.41) is 8.33. The first-order valence-electron chi connectivity index (χ1n) is 3.93. The average Bonchev–Trinajstić information content (AvgIpc) is 2.57. The smallest absolute Gasteiger partial charge is 0.0693 e. The summed E-state index contributed by atoms with van der Waals surface area (Å²) in [6.07, 6.45) is 3.48. The van der Waals surface area contributed by atoms with Gasteiger partial charge in [0, 0.05) is 11.2 Å². The molecule has 0 aliphatic heterocycles. The van der Waals surface area contributed by atoms with E-state index in [1.165, 1.54) is 0 Å². The molecule has 4 heteroatoms. The minimum Gasteiger partial charge on any atom is -0.248 e. The molecule has 0 unspecified atom stereocenters. The van der Waals surface area contributed by atoms with Gasteiger partial charge in [-0.1, -0.05) is 28.9 Å². The lowest BCUT2D eigenvalue weighted by Gasteiger charge is -2.00. The van der Waals surface area contributed by atoms with Crippen molar-refractivity contribution in [1.82, 2.24) is 15.0 Å². The molecule has 66 valence electrons. The highest BCUT2D eigenvalue weighted by atomic mass is 35.5. The summed E-state index contributed by atoms with van der Waals surface area (Å²) in [6.45, 7) is 0.709. The van der Waals surface area contributed by atoms with E-state index in [9.17, 15) is 0 Å². The van der Waals surface area contributed by atoms with E-state index in [1.54, 1.807) is 10.9 Å². The van der Waals surface area contributed by atoms with Crippen molar-refractivity contribution in [1.29, 1.82) is 0 Å². The molecule has 1 aromatic carbocycles. The molecular formula is C9H8ClN3. The van der Waals surface area contributed by atoms with Crippen LogP contribution in [0, 0.1) is 0 Å². The van der Waals surface area contributed by atoms with Crippen molar-refractivity contribution < 1.29 is 0 Å². The summed E-state index contributed by atoms with van der Waals surface area (Å²) in [5.41, 5.74) is 1.12. The fraction of sp³-hybridized carbons (Fsp3) is 0.111. The van der Waals surface area contributed by atoms with Crippen LogP contribution in [0.5, 0.6) is 0 Å². The SMILES string of the molecule is Clc1cccc(Cn2ccnn2)c1. The highest BCUT2D eigenvalue weighted by molar-refractivity contribution is 6.30. The molecular weight excluding hydrogens is 186 g/mol. The van der Waals surface area contributed by atoms with E-state index >= 15 is 0 Å². The normalized spacial score (nSPS) is 10.2. The first-order valence-corrected chi connectivity index (χ1v) is 4.31. The van der Waals surface area contributed by atoms with Crippen LogP contribution in [0.3, 0.4) is 0 Å². The third kappa shape index (κ3) is 2.06. The molecule has 13 heavy (non-hydrogen) atoms. The summed E-state index contributed by atoms with van der Waals surface area (Å²) < 4.78 is 1.76. The summed E-state index contributed by atoms with van der Waals surface area (Å²) >= 11 is 5.84. The molecule has 3 nitrogen and oxygen atoms in total. The minimum atomic E-state index is 0.709. The molecule has 2 rings (SSSR count). The second-order valence-corrected chi connectivity index (χ2v) is 3.17. The van der Waals surface area contributed by atoms with Gasteiger partial charge in [-0.25, -0.2) is 4.68 Å². The maximum absolute atomic E-state index is 5.84. The van der Waals surface area contributed by atoms with E-state index in [4.69, 9.17) is 11.6 Å². The second kappa shape index (κ2) is 3.58. The van der Waals surface area contributed by atoms with Gasteiger partial charge in [0.2, 0.25) is 0 Å². The molecule has 0 spiro atoms. The molecule has 2 aromatic rings. The van der Waals surface area contributed by atoms with Crippen LogP contribution in [-0.2, 0) is 6.54 Å². The van der Waals surface area contributed by atoms with Crippen molar-refractivity contribution in [2.24, 2.45) is 0 Å². The second-order valence-electron chi connectivity index (χ2n) is 2.73. The van der Waals surface area contributed by atoms with E-state index in [-0.39, 0.29) is 0 Å². The lowest BCUT2D eigenvalue weighted by Crippen LogP contribution is -1.99. The first kappa shape index (κ1) is 8.26. The van der Waals surface area contributed by atoms with Crippen LogP contribution in [-0.4, -0.2) is 15.0 Å². The molecule has 1 heterocycles. The number of hydrogen-bond donors (Lipinski definition) is 0. The van der Waals surface area contributed by atoms with Crippen molar-refractivity contribution in [3.8, 4) is 0 Å². The number of nitrogens with zero attached hydrogens (tertiary/aromatic N) is 3. The van der Waals surface area contributed by atoms with Gasteiger partial charge >= 0.3 is 0 Å². The van der Waals surface area contributed by atoms with Gasteiger partial charge in [-0.3, -0.25) is 0 Å². The zero-order valence-electron chi connectivity index (χ0n) is 6.89. The molecule has 0 aliphatic rings. The topological polar surface area (TPSA) is 30.7 Å². The molecule has 0 aliphatic carbocycles. The minimum absolute atomic E-state index is 0.709. The average molecular weight is 194 g/mol. The third-order valence-electron chi connectivity index (χ3n) is 1.71. The predicted molar refractivity (Wildman–Crippen MR) is 50.6 cm³/mol. The molecule has 0 saturated carbocycles. The predicted octanol–water partition coefficient (Wildman–Crippen LogP) is 1.98. The van der Waals surface area contributed by atoms with Gasteiger partial charge in [0.1, 0.15) is 0 Å². The van der Waals surface area contributed by atoms with E-state index in [1.807, 2.05) is 30.5 Å². The van der Waals surface area contributed by atoms with Gasteiger partial charge in [0.25, 0.3) is 0 Å². The van der Waals surface area contributed by atoms with Gasteiger partial charge in [-0.05, 0) is 17.7 Å². The van der Waals surface area contributed by atoms with Gasteiger partial charge in [0.15, 0.2) is 0 Å². The monoisotopic (exact) mass is 193 g/mol. The number of aromatic nitrogens is 3. The lowest BCUT2D eigenvalue weighted by atomic mass is 10.2.